The quantitative estimate of drug-likeness (QED) is 0.134. The summed E-state index contributed by atoms with van der Waals surface area (Å²) in [6.45, 7) is 3.59. The summed E-state index contributed by atoms with van der Waals surface area (Å²) in [5.41, 5.74) is -0.781. The van der Waals surface area contributed by atoms with Crippen LogP contribution in [0.5, 0.6) is 0 Å². The predicted octanol–water partition coefficient (Wildman–Crippen LogP) is 4.77. The molecule has 54 heavy (non-hydrogen) atoms. The van der Waals surface area contributed by atoms with Crippen LogP contribution in [0.2, 0.25) is 0 Å². The third-order valence-corrected chi connectivity index (χ3v) is 6.89. The van der Waals surface area contributed by atoms with Crippen molar-refractivity contribution in [1.29, 1.82) is 0 Å². The van der Waals surface area contributed by atoms with Crippen LogP contribution in [0, 0.1) is 0 Å². The maximum absolute atomic E-state index is 14.4. The van der Waals surface area contributed by atoms with E-state index in [1.54, 1.807) is 111 Å². The maximum Gasteiger partial charge on any atom is 2.00 e. The summed E-state index contributed by atoms with van der Waals surface area (Å²) in [5, 5.41) is 0. The first-order chi connectivity index (χ1) is 22.2. The fourth-order valence-corrected chi connectivity index (χ4v) is 4.63. The summed E-state index contributed by atoms with van der Waals surface area (Å²) in [5.74, 6) is 0. The van der Waals surface area contributed by atoms with Crippen LogP contribution in [-0.4, -0.2) is 61.3 Å². The van der Waals surface area contributed by atoms with E-state index in [0.717, 1.165) is 12.1 Å². The van der Waals surface area contributed by atoms with Crippen LogP contribution in [0.1, 0.15) is 53.6 Å². The number of nitrogens with zero attached hydrogens (tertiary/aromatic N) is 5. The zero-order valence-corrected chi connectivity index (χ0v) is 29.0. The molecule has 0 radical (unpaired) electrons. The van der Waals surface area contributed by atoms with E-state index in [2.05, 4.69) is 19.9 Å². The molecule has 0 aliphatic heterocycles. The van der Waals surface area contributed by atoms with Crippen LogP contribution in [-0.2, 0) is 39.6 Å². The molecule has 0 bridgehead atoms. The van der Waals surface area contributed by atoms with Crippen molar-refractivity contribution in [3.8, 4) is 0 Å². The van der Waals surface area contributed by atoms with Gasteiger partial charge in [-0.2, -0.15) is 13.2 Å². The number of hydrogen-bond acceptors (Lipinski definition) is 5. The molecule has 0 fully saturated rings. The van der Waals surface area contributed by atoms with Crippen LogP contribution < -0.4 is 0 Å². The van der Waals surface area contributed by atoms with Crippen LogP contribution in [0.25, 0.3) is 0 Å². The van der Waals surface area contributed by atoms with E-state index in [1.165, 1.54) is 0 Å². The Morgan fingerprint density at radius 3 is 0.833 bits per heavy atom. The third kappa shape index (κ3) is 15.4. The second-order valence-corrected chi connectivity index (χ2v) is 10.2. The summed E-state index contributed by atoms with van der Waals surface area (Å²) in [6.07, 6.45) is 1.80. The minimum absolute atomic E-state index is 0. The molecule has 5 heterocycles. The fourth-order valence-electron chi connectivity index (χ4n) is 4.63. The minimum Gasteiger partial charge on any atom is -0.457 e. The summed E-state index contributed by atoms with van der Waals surface area (Å²) >= 11 is 0. The summed E-state index contributed by atoms with van der Waals surface area (Å²) in [4.78, 5) is 23.0. The van der Waals surface area contributed by atoms with Gasteiger partial charge in [-0.3, -0.25) is 24.9 Å². The molecular weight excluding hydrogens is 797 g/mol. The minimum atomic E-state index is -6.00. The van der Waals surface area contributed by atoms with Gasteiger partial charge in [0.15, 0.2) is 0 Å². The summed E-state index contributed by atoms with van der Waals surface area (Å²) in [7, 11) is -12.0. The molecule has 0 amide bonds. The molecule has 24 heteroatoms. The molecule has 5 rings (SSSR count). The number of aromatic nitrogens is 5. The van der Waals surface area contributed by atoms with Crippen molar-refractivity contribution in [3.05, 3.63) is 149 Å². The van der Waals surface area contributed by atoms with Crippen LogP contribution in [0.3, 0.4) is 0 Å². The Balaban J connectivity index is -0.000000697. The molecule has 0 aliphatic rings. The molecule has 0 spiro atoms. The van der Waals surface area contributed by atoms with Gasteiger partial charge in [-0.15, -0.1) is 0 Å². The van der Waals surface area contributed by atoms with Gasteiger partial charge in [0.25, 0.3) is 0 Å². The maximum atomic E-state index is 14.4. The first-order valence-corrected chi connectivity index (χ1v) is 13.7. The summed E-state index contributed by atoms with van der Waals surface area (Å²) in [6, 6.07) is 23.5. The molecule has 5 aromatic heterocycles. The van der Waals surface area contributed by atoms with Gasteiger partial charge in [-0.25, -0.2) is 0 Å². The molecule has 0 aromatic carbocycles. The smallest absolute Gasteiger partial charge is 0.457 e. The van der Waals surface area contributed by atoms with Crippen molar-refractivity contribution >= 4 is 14.5 Å². The van der Waals surface area contributed by atoms with Crippen molar-refractivity contribution in [2.45, 2.75) is 30.9 Å². The largest absolute Gasteiger partial charge is 2.00 e. The van der Waals surface area contributed by atoms with Gasteiger partial charge in [0.05, 0.1) is 50.6 Å². The first-order valence-electron chi connectivity index (χ1n) is 13.7. The van der Waals surface area contributed by atoms with Gasteiger partial charge < -0.3 is 61.9 Å². The topological polar surface area (TPSA) is 223 Å². The summed E-state index contributed by atoms with van der Waals surface area (Å²) < 4.78 is 121. The van der Waals surface area contributed by atoms with E-state index in [0.29, 0.717) is 22.8 Å². The average Bonchev–Trinajstić information content (AvgIpc) is 3.03. The molecule has 11 N–H and O–H groups in total. The Kier molecular flexibility index (Phi) is 23.5. The van der Waals surface area contributed by atoms with Gasteiger partial charge in [0.2, 0.25) is 0 Å². The Morgan fingerprint density at radius 2 is 0.667 bits per heavy atom. The van der Waals surface area contributed by atoms with Crippen molar-refractivity contribution in [2.24, 2.45) is 0 Å². The molecule has 0 unspecified atom stereocenters. The van der Waals surface area contributed by atoms with E-state index in [4.69, 9.17) is 4.98 Å². The van der Waals surface area contributed by atoms with Crippen LogP contribution in [0.15, 0.2) is 110 Å². The first kappa shape index (κ1) is 56.2. The normalized spacial score (nSPS) is 10.9. The molecule has 0 saturated carbocycles. The van der Waals surface area contributed by atoms with E-state index in [-0.39, 0.29) is 55.8 Å². The Bertz CT molecular complexity index is 1550. The zero-order chi connectivity index (χ0) is 35.8. The van der Waals surface area contributed by atoms with Crippen LogP contribution >= 0.6 is 0 Å². The van der Waals surface area contributed by atoms with E-state index >= 15 is 0 Å². The molecule has 0 atom stereocenters. The second kappa shape index (κ2) is 22.6. The molecule has 10 nitrogen and oxygen atoms in total. The Labute approximate surface area is 311 Å². The molecule has 5 aromatic rings. The van der Waals surface area contributed by atoms with E-state index < -0.39 is 37.1 Å². The molecular formula is C30H35B2F11FeN5O5+. The molecule has 300 valence electrons. The zero-order valence-electron chi connectivity index (χ0n) is 27.9. The SMILES string of the molecule is CC(c1ccccn1)(c1ccccn1)c1cc(C(F)(F)F)cc(C(C)(c2ccccn2)c2ccccn2)n1.F[B-](F)(F)F.F[B-](F)(F)F.O.O.O.O.[Fe+2].[OH3+]. The number of hydrogen-bond donors (Lipinski definition) is 0. The van der Waals surface area contributed by atoms with Crippen molar-refractivity contribution in [1.82, 2.24) is 24.9 Å². The monoisotopic (exact) mass is 832 g/mol. The van der Waals surface area contributed by atoms with Gasteiger partial charge in [-0.1, -0.05) is 24.3 Å². The van der Waals surface area contributed by atoms with Crippen molar-refractivity contribution in [2.75, 3.05) is 0 Å². The van der Waals surface area contributed by atoms with Gasteiger partial charge >= 0.3 is 37.8 Å². The number of halogens is 11. The Hall–Kier alpha value is -4.57. The van der Waals surface area contributed by atoms with Crippen molar-refractivity contribution in [3.63, 3.8) is 0 Å². The number of pyridine rings is 5. The average molecular weight is 832 g/mol. The molecule has 0 aliphatic carbocycles. The van der Waals surface area contributed by atoms with E-state index in [9.17, 15) is 47.7 Å². The fraction of sp³-hybridized carbons (Fsp3) is 0.167. The van der Waals surface area contributed by atoms with Crippen LogP contribution in [0.4, 0.5) is 47.7 Å². The predicted molar refractivity (Wildman–Crippen MR) is 177 cm³/mol. The van der Waals surface area contributed by atoms with Crippen molar-refractivity contribution < 1.29 is 92.1 Å². The van der Waals surface area contributed by atoms with Gasteiger partial charge in [0, 0.05) is 24.8 Å². The Morgan fingerprint density at radius 1 is 0.444 bits per heavy atom. The third-order valence-electron chi connectivity index (χ3n) is 6.89. The van der Waals surface area contributed by atoms with Gasteiger partial charge in [0.1, 0.15) is 0 Å². The van der Waals surface area contributed by atoms with E-state index in [1.807, 2.05) is 0 Å². The van der Waals surface area contributed by atoms with Gasteiger partial charge in [-0.05, 0) is 74.5 Å². The number of rotatable bonds is 6. The molecule has 0 saturated heterocycles. The standard InChI is InChI=1S/C30H24F3N5.2BF4.Fe.5H2O/c1-28(22-11-3-7-15-34-22,23-12-4-8-16-35-23)26-19-21(30(31,32)33)20-27(38-26)29(2,24-13-5-9-17-36-24)25-14-6-10-18-37-25;2*2-1(3,4)5;;;;;;/h3-20H,1-2H3;;;;5*1H2/q;2*-1;+2;;;;;/p+1. The number of alkyl halides is 3. The second-order valence-electron chi connectivity index (χ2n) is 10.2.